The summed E-state index contributed by atoms with van der Waals surface area (Å²) >= 11 is 6.24. The van der Waals surface area contributed by atoms with Crippen LogP contribution in [0, 0.1) is 11.8 Å². The molecule has 0 aliphatic heterocycles. The number of aryl methyl sites for hydroxylation is 1. The summed E-state index contributed by atoms with van der Waals surface area (Å²) in [6.45, 7) is 3.29. The molecule has 2 heterocycles. The molecule has 150 valence electrons. The third-order valence-electron chi connectivity index (χ3n) is 4.60. The number of benzene rings is 1. The smallest absolute Gasteiger partial charge is 0.182 e. The van der Waals surface area contributed by atoms with Crippen LogP contribution in [0.15, 0.2) is 36.5 Å². The number of rotatable bonds is 6. The van der Waals surface area contributed by atoms with Gasteiger partial charge in [0.25, 0.3) is 0 Å². The molecule has 3 aromatic rings. The van der Waals surface area contributed by atoms with Crippen molar-refractivity contribution < 1.29 is 9.90 Å². The van der Waals surface area contributed by atoms with Gasteiger partial charge in [-0.3, -0.25) is 9.48 Å². The normalized spacial score (nSPS) is 13.2. The molecular formula is C22H23ClN4O2. The highest BCUT2D eigenvalue weighted by Crippen LogP contribution is 2.29. The molecule has 0 fully saturated rings. The molecule has 0 unspecified atom stereocenters. The topological polar surface area (TPSA) is 71.2 Å². The zero-order chi connectivity index (χ0) is 21.0. The fourth-order valence-corrected chi connectivity index (χ4v) is 3.17. The first-order valence-electron chi connectivity index (χ1n) is 9.34. The van der Waals surface area contributed by atoms with Crippen molar-refractivity contribution in [2.24, 2.45) is 0 Å². The standard InChI is InChI=1S/C22H23ClN4O2/c1-4-27-19-13-20(23)25-21(18(19)14-24-27)17-7-5-6-16(12-17)8-9-22(29,15-28)10-11-26(2)3/h5-7,12-15,29H,4,10-11H2,1-3H3/t22-/m0/s1. The number of aldehydes is 1. The van der Waals surface area contributed by atoms with Crippen molar-refractivity contribution in [3.05, 3.63) is 47.2 Å². The lowest BCUT2D eigenvalue weighted by molar-refractivity contribution is -0.119. The number of fused-ring (bicyclic) bond motifs is 1. The van der Waals surface area contributed by atoms with Crippen LogP contribution in [0.3, 0.4) is 0 Å². The summed E-state index contributed by atoms with van der Waals surface area (Å²) in [6, 6.07) is 9.27. The number of aliphatic hydroxyl groups is 1. The number of nitrogens with zero attached hydrogens (tertiary/aromatic N) is 4. The Kier molecular flexibility index (Phi) is 6.33. The van der Waals surface area contributed by atoms with Crippen LogP contribution in [0.1, 0.15) is 18.9 Å². The van der Waals surface area contributed by atoms with E-state index >= 15 is 0 Å². The third-order valence-corrected chi connectivity index (χ3v) is 4.80. The fraction of sp³-hybridized carbons (Fsp3) is 0.318. The molecule has 0 amide bonds. The lowest BCUT2D eigenvalue weighted by Gasteiger charge is -2.17. The van der Waals surface area contributed by atoms with Crippen LogP contribution in [0.25, 0.3) is 22.2 Å². The summed E-state index contributed by atoms with van der Waals surface area (Å²) in [5, 5.41) is 16.1. The van der Waals surface area contributed by atoms with Crippen LogP contribution in [-0.2, 0) is 11.3 Å². The minimum Gasteiger partial charge on any atom is -0.371 e. The van der Waals surface area contributed by atoms with Gasteiger partial charge in [0.15, 0.2) is 11.9 Å². The Hall–Kier alpha value is -2.72. The first-order chi connectivity index (χ1) is 13.8. The van der Waals surface area contributed by atoms with Crippen molar-refractivity contribution in [2.45, 2.75) is 25.5 Å². The van der Waals surface area contributed by atoms with E-state index in [4.69, 9.17) is 11.6 Å². The predicted octanol–water partition coefficient (Wildman–Crippen LogP) is 3.00. The molecule has 0 radical (unpaired) electrons. The molecule has 6 nitrogen and oxygen atoms in total. The van der Waals surface area contributed by atoms with Gasteiger partial charge in [-0.1, -0.05) is 35.6 Å². The van der Waals surface area contributed by atoms with Crippen molar-refractivity contribution >= 4 is 28.8 Å². The molecule has 0 aliphatic carbocycles. The average Bonchev–Trinajstić information content (AvgIpc) is 3.13. The van der Waals surface area contributed by atoms with Crippen LogP contribution in [0.5, 0.6) is 0 Å². The Morgan fingerprint density at radius 1 is 1.34 bits per heavy atom. The zero-order valence-corrected chi connectivity index (χ0v) is 17.4. The van der Waals surface area contributed by atoms with Gasteiger partial charge in [-0.15, -0.1) is 0 Å². The van der Waals surface area contributed by atoms with Gasteiger partial charge in [0, 0.05) is 42.1 Å². The van der Waals surface area contributed by atoms with Gasteiger partial charge in [0.2, 0.25) is 0 Å². The van der Waals surface area contributed by atoms with Crippen molar-refractivity contribution in [3.63, 3.8) is 0 Å². The lowest BCUT2D eigenvalue weighted by Crippen LogP contribution is -2.33. The Balaban J connectivity index is 1.99. The van der Waals surface area contributed by atoms with Gasteiger partial charge in [-0.2, -0.15) is 5.10 Å². The first-order valence-corrected chi connectivity index (χ1v) is 9.72. The second-order valence-corrected chi connectivity index (χ2v) is 7.50. The minimum absolute atomic E-state index is 0.239. The molecule has 1 aromatic carbocycles. The molecule has 29 heavy (non-hydrogen) atoms. The zero-order valence-electron chi connectivity index (χ0n) is 16.7. The Bertz CT molecular complexity index is 1100. The quantitative estimate of drug-likeness (QED) is 0.384. The van der Waals surface area contributed by atoms with E-state index in [1.54, 1.807) is 12.3 Å². The highest BCUT2D eigenvalue weighted by Gasteiger charge is 2.23. The molecule has 1 N–H and O–H groups in total. The van der Waals surface area contributed by atoms with Gasteiger partial charge in [-0.05, 0) is 33.2 Å². The van der Waals surface area contributed by atoms with Gasteiger partial charge >= 0.3 is 0 Å². The maximum atomic E-state index is 11.4. The molecule has 7 heteroatoms. The van der Waals surface area contributed by atoms with Crippen LogP contribution in [0.2, 0.25) is 5.15 Å². The molecule has 1 atom stereocenters. The SMILES string of the molecule is CCn1ncc2c(-c3cccc(C#C[C@@](O)(C=O)CCN(C)C)c3)nc(Cl)cc21. The summed E-state index contributed by atoms with van der Waals surface area (Å²) in [4.78, 5) is 17.7. The van der Waals surface area contributed by atoms with Gasteiger partial charge in [0.05, 0.1) is 17.4 Å². The minimum atomic E-state index is -1.68. The van der Waals surface area contributed by atoms with E-state index in [2.05, 4.69) is 21.9 Å². The Morgan fingerprint density at radius 3 is 2.83 bits per heavy atom. The van der Waals surface area contributed by atoms with E-state index in [9.17, 15) is 9.90 Å². The maximum Gasteiger partial charge on any atom is 0.182 e. The summed E-state index contributed by atoms with van der Waals surface area (Å²) in [7, 11) is 3.75. The van der Waals surface area contributed by atoms with E-state index in [-0.39, 0.29) is 6.42 Å². The number of hydrogen-bond donors (Lipinski definition) is 1. The lowest BCUT2D eigenvalue weighted by atomic mass is 10.0. The molecule has 0 saturated heterocycles. The molecule has 0 spiro atoms. The van der Waals surface area contributed by atoms with E-state index in [0.29, 0.717) is 29.2 Å². The number of hydrogen-bond acceptors (Lipinski definition) is 5. The highest BCUT2D eigenvalue weighted by molar-refractivity contribution is 6.30. The average molecular weight is 411 g/mol. The van der Waals surface area contributed by atoms with Gasteiger partial charge < -0.3 is 10.0 Å². The fourth-order valence-electron chi connectivity index (χ4n) is 2.98. The molecule has 3 rings (SSSR count). The van der Waals surface area contributed by atoms with Crippen molar-refractivity contribution in [2.75, 3.05) is 20.6 Å². The van der Waals surface area contributed by atoms with Crippen LogP contribution < -0.4 is 0 Å². The van der Waals surface area contributed by atoms with Gasteiger partial charge in [-0.25, -0.2) is 4.98 Å². The Morgan fingerprint density at radius 2 is 2.14 bits per heavy atom. The van der Waals surface area contributed by atoms with Crippen molar-refractivity contribution in [3.8, 4) is 23.1 Å². The molecular weight excluding hydrogens is 388 g/mol. The van der Waals surface area contributed by atoms with Crippen molar-refractivity contribution in [1.29, 1.82) is 0 Å². The highest BCUT2D eigenvalue weighted by atomic mass is 35.5. The summed E-state index contributed by atoms with van der Waals surface area (Å²) in [5.74, 6) is 5.62. The van der Waals surface area contributed by atoms with E-state index in [1.165, 1.54) is 0 Å². The third kappa shape index (κ3) is 4.83. The number of carbonyl (C=O) groups excluding carboxylic acids is 1. The second-order valence-electron chi connectivity index (χ2n) is 7.11. The maximum absolute atomic E-state index is 11.4. The summed E-state index contributed by atoms with van der Waals surface area (Å²) < 4.78 is 1.87. The summed E-state index contributed by atoms with van der Waals surface area (Å²) in [5.41, 5.74) is 1.46. The van der Waals surface area contributed by atoms with Crippen LogP contribution in [0.4, 0.5) is 0 Å². The molecule has 0 aliphatic rings. The number of halogens is 1. The van der Waals surface area contributed by atoms with E-state index < -0.39 is 5.60 Å². The van der Waals surface area contributed by atoms with E-state index in [0.717, 1.165) is 23.0 Å². The number of carbonyl (C=O) groups is 1. The predicted molar refractivity (Wildman–Crippen MR) is 115 cm³/mol. The van der Waals surface area contributed by atoms with Crippen LogP contribution in [-0.4, -0.2) is 57.3 Å². The monoisotopic (exact) mass is 410 g/mol. The summed E-state index contributed by atoms with van der Waals surface area (Å²) in [6.07, 6.45) is 2.51. The Labute approximate surface area is 175 Å². The van der Waals surface area contributed by atoms with Crippen molar-refractivity contribution in [1.82, 2.24) is 19.7 Å². The van der Waals surface area contributed by atoms with Crippen LogP contribution >= 0.6 is 11.6 Å². The molecule has 0 bridgehead atoms. The van der Waals surface area contributed by atoms with Gasteiger partial charge in [0.1, 0.15) is 5.15 Å². The molecule has 2 aromatic heterocycles. The largest absolute Gasteiger partial charge is 0.371 e. The van der Waals surface area contributed by atoms with E-state index in [1.807, 2.05) is 54.9 Å². The number of aromatic nitrogens is 3. The number of pyridine rings is 1. The second kappa shape index (κ2) is 8.75. The first kappa shape index (κ1) is 21.0. The molecule has 0 saturated carbocycles.